The molecule has 0 radical (unpaired) electrons. The van der Waals surface area contributed by atoms with E-state index in [1.807, 2.05) is 45.2 Å². The summed E-state index contributed by atoms with van der Waals surface area (Å²) >= 11 is 6.33. The van der Waals surface area contributed by atoms with Crippen molar-refractivity contribution in [2.75, 3.05) is 7.05 Å². The van der Waals surface area contributed by atoms with Crippen LogP contribution in [0.3, 0.4) is 0 Å². The van der Waals surface area contributed by atoms with Crippen molar-refractivity contribution >= 4 is 11.6 Å². The highest BCUT2D eigenvalue weighted by molar-refractivity contribution is 6.31. The van der Waals surface area contributed by atoms with Crippen LogP contribution in [0.2, 0.25) is 5.02 Å². The van der Waals surface area contributed by atoms with E-state index in [1.165, 1.54) is 6.07 Å². The van der Waals surface area contributed by atoms with E-state index in [-0.39, 0.29) is 11.9 Å². The number of hydrogen-bond donors (Lipinski definition) is 1. The van der Waals surface area contributed by atoms with Gasteiger partial charge < -0.3 is 5.32 Å². The number of rotatable bonds is 4. The summed E-state index contributed by atoms with van der Waals surface area (Å²) in [6.07, 6.45) is 0.711. The highest BCUT2D eigenvalue weighted by Gasteiger charge is 2.15. The van der Waals surface area contributed by atoms with E-state index in [0.717, 1.165) is 27.3 Å². The van der Waals surface area contributed by atoms with Crippen molar-refractivity contribution in [1.29, 1.82) is 0 Å². The van der Waals surface area contributed by atoms with Gasteiger partial charge in [-0.3, -0.25) is 0 Å². The third-order valence-electron chi connectivity index (χ3n) is 3.62. The fourth-order valence-electron chi connectivity index (χ4n) is 2.36. The maximum absolute atomic E-state index is 13.4. The van der Waals surface area contributed by atoms with Crippen LogP contribution < -0.4 is 5.32 Å². The lowest BCUT2D eigenvalue weighted by Crippen LogP contribution is -2.19. The first-order chi connectivity index (χ1) is 9.51. The molecule has 0 aliphatic heterocycles. The van der Waals surface area contributed by atoms with Crippen molar-refractivity contribution in [1.82, 2.24) is 5.32 Å². The van der Waals surface area contributed by atoms with Gasteiger partial charge in [-0.05, 0) is 67.8 Å². The van der Waals surface area contributed by atoms with Crippen LogP contribution in [0.5, 0.6) is 0 Å². The number of aryl methyl sites for hydroxylation is 2. The van der Waals surface area contributed by atoms with Crippen molar-refractivity contribution in [3.63, 3.8) is 0 Å². The Hall–Kier alpha value is -1.38. The highest BCUT2D eigenvalue weighted by atomic mass is 35.5. The van der Waals surface area contributed by atoms with E-state index in [0.29, 0.717) is 6.42 Å². The van der Waals surface area contributed by atoms with Crippen molar-refractivity contribution < 1.29 is 4.39 Å². The van der Waals surface area contributed by atoms with E-state index in [9.17, 15) is 4.39 Å². The van der Waals surface area contributed by atoms with Crippen LogP contribution in [0.25, 0.3) is 0 Å². The molecule has 1 N–H and O–H groups in total. The summed E-state index contributed by atoms with van der Waals surface area (Å²) in [5.41, 5.74) is 4.27. The monoisotopic (exact) mass is 291 g/mol. The molecule has 3 heteroatoms. The summed E-state index contributed by atoms with van der Waals surface area (Å²) in [7, 11) is 1.90. The molecule has 0 spiro atoms. The van der Waals surface area contributed by atoms with E-state index in [2.05, 4.69) is 5.32 Å². The minimum atomic E-state index is -0.199. The van der Waals surface area contributed by atoms with Gasteiger partial charge in [-0.25, -0.2) is 4.39 Å². The first kappa shape index (κ1) is 15.0. The van der Waals surface area contributed by atoms with Gasteiger partial charge in [0.15, 0.2) is 0 Å². The smallest absolute Gasteiger partial charge is 0.123 e. The lowest BCUT2D eigenvalue weighted by atomic mass is 9.95. The zero-order chi connectivity index (χ0) is 14.7. The molecule has 1 unspecified atom stereocenters. The number of halogens is 2. The van der Waals surface area contributed by atoms with Crippen LogP contribution in [0.15, 0.2) is 36.4 Å². The zero-order valence-corrected chi connectivity index (χ0v) is 12.8. The van der Waals surface area contributed by atoms with Crippen LogP contribution >= 0.6 is 11.6 Å². The maximum Gasteiger partial charge on any atom is 0.123 e. The summed E-state index contributed by atoms with van der Waals surface area (Å²) in [6, 6.07) is 11.0. The average molecular weight is 292 g/mol. The SMILES string of the molecule is CNC(Cc1cc(F)ccc1C)c1ccc(C)cc1Cl. The zero-order valence-electron chi connectivity index (χ0n) is 12.0. The van der Waals surface area contributed by atoms with E-state index < -0.39 is 0 Å². The summed E-state index contributed by atoms with van der Waals surface area (Å²) in [5.74, 6) is -0.199. The first-order valence-electron chi connectivity index (χ1n) is 6.69. The molecule has 2 aromatic rings. The Labute approximate surface area is 124 Å². The molecule has 2 aromatic carbocycles. The van der Waals surface area contributed by atoms with Crippen molar-refractivity contribution in [3.8, 4) is 0 Å². The van der Waals surface area contributed by atoms with Gasteiger partial charge in [-0.15, -0.1) is 0 Å². The predicted molar refractivity (Wildman–Crippen MR) is 82.8 cm³/mol. The molecule has 0 heterocycles. The highest BCUT2D eigenvalue weighted by Crippen LogP contribution is 2.27. The van der Waals surface area contributed by atoms with Gasteiger partial charge in [0.2, 0.25) is 0 Å². The van der Waals surface area contributed by atoms with Crippen LogP contribution in [0, 0.1) is 19.7 Å². The minimum absolute atomic E-state index is 0.0728. The molecule has 0 saturated heterocycles. The largest absolute Gasteiger partial charge is 0.313 e. The fraction of sp³-hybridized carbons (Fsp3) is 0.294. The third kappa shape index (κ3) is 3.38. The standard InChI is InChI=1S/C17H19ClFN/c1-11-4-7-15(16(18)8-11)17(20-3)10-13-9-14(19)6-5-12(13)2/h4-9,17,20H,10H2,1-3H3. The maximum atomic E-state index is 13.4. The summed E-state index contributed by atoms with van der Waals surface area (Å²) < 4.78 is 13.4. The van der Waals surface area contributed by atoms with Gasteiger partial charge in [0.1, 0.15) is 5.82 Å². The fourth-order valence-corrected chi connectivity index (χ4v) is 2.73. The molecule has 2 rings (SSSR count). The number of likely N-dealkylation sites (N-methyl/N-ethyl adjacent to an activating group) is 1. The number of nitrogens with one attached hydrogen (secondary N) is 1. The molecule has 0 aromatic heterocycles. The van der Waals surface area contributed by atoms with Crippen LogP contribution in [-0.4, -0.2) is 7.05 Å². The van der Waals surface area contributed by atoms with Gasteiger partial charge in [0.05, 0.1) is 0 Å². The summed E-state index contributed by atoms with van der Waals surface area (Å²) in [5, 5.41) is 4.02. The number of hydrogen-bond acceptors (Lipinski definition) is 1. The van der Waals surface area contributed by atoms with Gasteiger partial charge in [-0.2, -0.15) is 0 Å². The van der Waals surface area contributed by atoms with Crippen molar-refractivity contribution in [2.45, 2.75) is 26.3 Å². The lowest BCUT2D eigenvalue weighted by molar-refractivity contribution is 0.582. The van der Waals surface area contributed by atoms with Crippen molar-refractivity contribution in [2.24, 2.45) is 0 Å². The molecule has 20 heavy (non-hydrogen) atoms. The molecule has 0 fully saturated rings. The second kappa shape index (κ2) is 6.38. The Bertz CT molecular complexity index is 610. The van der Waals surface area contributed by atoms with Gasteiger partial charge in [-0.1, -0.05) is 29.8 Å². The quantitative estimate of drug-likeness (QED) is 0.868. The van der Waals surface area contributed by atoms with Crippen LogP contribution in [0.1, 0.15) is 28.3 Å². The molecule has 0 aliphatic carbocycles. The Kier molecular flexibility index (Phi) is 4.79. The summed E-state index contributed by atoms with van der Waals surface area (Å²) in [4.78, 5) is 0. The van der Waals surface area contributed by atoms with Crippen LogP contribution in [-0.2, 0) is 6.42 Å². The molecule has 106 valence electrons. The van der Waals surface area contributed by atoms with Gasteiger partial charge in [0.25, 0.3) is 0 Å². The van der Waals surface area contributed by atoms with Gasteiger partial charge in [0, 0.05) is 11.1 Å². The number of benzene rings is 2. The molecular formula is C17H19ClFN. The molecule has 1 atom stereocenters. The Morgan fingerprint density at radius 1 is 1.15 bits per heavy atom. The Morgan fingerprint density at radius 2 is 1.90 bits per heavy atom. The first-order valence-corrected chi connectivity index (χ1v) is 7.07. The molecule has 1 nitrogen and oxygen atoms in total. The Balaban J connectivity index is 2.31. The lowest BCUT2D eigenvalue weighted by Gasteiger charge is -2.19. The van der Waals surface area contributed by atoms with E-state index in [4.69, 9.17) is 11.6 Å². The molecule has 0 aliphatic rings. The second-order valence-corrected chi connectivity index (χ2v) is 5.55. The normalized spacial score (nSPS) is 12.4. The van der Waals surface area contributed by atoms with Gasteiger partial charge >= 0.3 is 0 Å². The molecular weight excluding hydrogens is 273 g/mol. The second-order valence-electron chi connectivity index (χ2n) is 5.14. The van der Waals surface area contributed by atoms with E-state index in [1.54, 1.807) is 6.07 Å². The molecule has 0 amide bonds. The molecule has 0 bridgehead atoms. The topological polar surface area (TPSA) is 12.0 Å². The minimum Gasteiger partial charge on any atom is -0.313 e. The summed E-state index contributed by atoms with van der Waals surface area (Å²) in [6.45, 7) is 4.01. The van der Waals surface area contributed by atoms with E-state index >= 15 is 0 Å². The molecule has 0 saturated carbocycles. The average Bonchev–Trinajstić information content (AvgIpc) is 2.40. The predicted octanol–water partition coefficient (Wildman–Crippen LogP) is 4.60. The van der Waals surface area contributed by atoms with Crippen molar-refractivity contribution in [3.05, 3.63) is 69.5 Å². The Morgan fingerprint density at radius 3 is 2.55 bits per heavy atom. The van der Waals surface area contributed by atoms with Crippen LogP contribution in [0.4, 0.5) is 4.39 Å². The third-order valence-corrected chi connectivity index (χ3v) is 3.94.